The minimum atomic E-state index is -2.36. The zero-order valence-corrected chi connectivity index (χ0v) is 29.4. The van der Waals surface area contributed by atoms with Crippen LogP contribution in [0.25, 0.3) is 27.5 Å². The van der Waals surface area contributed by atoms with Gasteiger partial charge in [0.15, 0.2) is 0 Å². The molecule has 7 aromatic carbocycles. The summed E-state index contributed by atoms with van der Waals surface area (Å²) in [6.45, 7) is 0.190. The van der Waals surface area contributed by atoms with Crippen molar-refractivity contribution in [3.05, 3.63) is 191 Å². The zero-order chi connectivity index (χ0) is 33.6. The van der Waals surface area contributed by atoms with E-state index in [-0.39, 0.29) is 6.71 Å². The van der Waals surface area contributed by atoms with E-state index in [2.05, 4.69) is 174 Å². The van der Waals surface area contributed by atoms with E-state index in [9.17, 15) is 0 Å². The molecule has 15 rings (SSSR count). The Hall–Kier alpha value is -5.11. The molecule has 52 heavy (non-hydrogen) atoms. The molecule has 0 unspecified atom stereocenters. The van der Waals surface area contributed by atoms with Gasteiger partial charge >= 0.3 is 306 Å². The molecule has 0 atom stereocenters. The maximum absolute atomic E-state index is 4.41. The molecular formula is C44H29B5N2P-. The van der Waals surface area contributed by atoms with Gasteiger partial charge < -0.3 is 0 Å². The van der Waals surface area contributed by atoms with Crippen LogP contribution in [0.1, 0.15) is 33.4 Å². The standard InChI is InChI=1S/C44H29B5N2P/c1-4-15-29(16-5-1)44(30-17-6-2-7-18-30)35-22-12-14-28-26-34-39(52(47-45-48(52)49(47)52)50-31-19-8-3-9-20-31)27-33-32-21-10-11-24-37(32)51-38-25-13-23-36(44)42(38)46(40(28)35)41(34)43(33)51/h1-25,27,50H,26H2/q-1. The zero-order valence-electron chi connectivity index (χ0n) is 28.5. The molecule has 8 heterocycles. The Labute approximate surface area is 305 Å². The fourth-order valence-electron chi connectivity index (χ4n) is 12.6. The van der Waals surface area contributed by atoms with Gasteiger partial charge in [-0.3, -0.25) is 0 Å². The average molecular weight is 671 g/mol. The molecule has 1 aromatic heterocycles. The van der Waals surface area contributed by atoms with E-state index in [0.717, 1.165) is 25.1 Å². The molecule has 0 saturated carbocycles. The molecule has 2 bridgehead atoms. The minimum absolute atomic E-state index is 0.190. The van der Waals surface area contributed by atoms with Crippen LogP contribution in [-0.2, 0) is 11.8 Å². The van der Waals surface area contributed by atoms with Crippen LogP contribution in [0.4, 0.5) is 5.69 Å². The van der Waals surface area contributed by atoms with Crippen molar-refractivity contribution in [2.24, 2.45) is 0 Å². The molecule has 7 aliphatic rings. The van der Waals surface area contributed by atoms with Gasteiger partial charge in [0.2, 0.25) is 0 Å². The summed E-state index contributed by atoms with van der Waals surface area (Å²) in [5.41, 5.74) is 18.3. The first-order chi connectivity index (χ1) is 25.8. The maximum atomic E-state index is 4.41. The monoisotopic (exact) mass is 671 g/mol. The fourth-order valence-corrected chi connectivity index (χ4v) is 20.9. The van der Waals surface area contributed by atoms with Gasteiger partial charge in [0, 0.05) is 0 Å². The summed E-state index contributed by atoms with van der Waals surface area (Å²) in [7, 11) is 2.68. The molecule has 2 nitrogen and oxygen atoms in total. The number of anilines is 1. The van der Waals surface area contributed by atoms with Crippen LogP contribution in [0.15, 0.2) is 158 Å². The molecule has 0 aliphatic carbocycles. The van der Waals surface area contributed by atoms with Crippen molar-refractivity contribution >= 4 is 88.0 Å². The van der Waals surface area contributed by atoms with Crippen LogP contribution >= 0.6 is 6.39 Å². The Bertz CT molecular complexity index is 2890. The average Bonchev–Trinajstić information content (AvgIpc) is 3.78. The van der Waals surface area contributed by atoms with Crippen molar-refractivity contribution in [1.29, 1.82) is 0 Å². The predicted octanol–water partition coefficient (Wildman–Crippen LogP) is 6.29. The number of nitrogens with one attached hydrogen (secondary N) is 1. The Kier molecular flexibility index (Phi) is 4.63. The van der Waals surface area contributed by atoms with Gasteiger partial charge in [-0.15, -0.1) is 0 Å². The van der Waals surface area contributed by atoms with Gasteiger partial charge in [0.05, 0.1) is 0 Å². The quantitative estimate of drug-likeness (QED) is 0.168. The molecule has 0 spiro atoms. The summed E-state index contributed by atoms with van der Waals surface area (Å²) in [6, 6.07) is 60.3. The first kappa shape index (κ1) is 27.5. The van der Waals surface area contributed by atoms with Crippen LogP contribution in [0, 0.1) is 0 Å². The van der Waals surface area contributed by atoms with E-state index in [0.29, 0.717) is 0 Å². The summed E-state index contributed by atoms with van der Waals surface area (Å²) in [4.78, 5) is 0. The number of rotatable bonds is 5. The molecule has 4 fully saturated rings. The molecule has 7 aliphatic heterocycles. The number of para-hydroxylation sites is 2. The molecule has 4 saturated heterocycles. The second kappa shape index (κ2) is 8.74. The van der Waals surface area contributed by atoms with Crippen molar-refractivity contribution < 1.29 is 0 Å². The number of nitrogens with zero attached hydrogens (tertiary/aromatic N) is 1. The number of hydrogen-bond donors (Lipinski definition) is 1. The van der Waals surface area contributed by atoms with E-state index < -0.39 is 11.8 Å². The van der Waals surface area contributed by atoms with E-state index in [1.165, 1.54) is 66.5 Å². The predicted molar refractivity (Wildman–Crippen MR) is 226 cm³/mol. The van der Waals surface area contributed by atoms with Crippen LogP contribution in [0.3, 0.4) is 0 Å². The molecule has 0 amide bonds. The molecule has 236 valence electrons. The van der Waals surface area contributed by atoms with E-state index in [1.807, 2.05) is 0 Å². The van der Waals surface area contributed by atoms with E-state index in [1.54, 1.807) is 21.8 Å². The molecule has 1 N–H and O–H groups in total. The third kappa shape index (κ3) is 2.67. The number of benzene rings is 7. The summed E-state index contributed by atoms with van der Waals surface area (Å²) in [5, 5.41) is 8.93. The van der Waals surface area contributed by atoms with Gasteiger partial charge in [-0.2, -0.15) is 0 Å². The normalized spacial score (nSPS) is 19.4. The fraction of sp³-hybridized carbons (Fsp3) is 0.0455. The van der Waals surface area contributed by atoms with E-state index in [4.69, 9.17) is 0 Å². The molecule has 8 aromatic rings. The summed E-state index contributed by atoms with van der Waals surface area (Å²) < 4.78 is 2.67. The van der Waals surface area contributed by atoms with Crippen LogP contribution < -0.4 is 26.8 Å². The van der Waals surface area contributed by atoms with Gasteiger partial charge in [0.1, 0.15) is 0 Å². The molecular weight excluding hydrogens is 642 g/mol. The second-order valence-corrected chi connectivity index (χ2v) is 21.4. The van der Waals surface area contributed by atoms with Crippen LogP contribution in [0.2, 0.25) is 0 Å². The third-order valence-corrected chi connectivity index (χ3v) is 21.6. The summed E-state index contributed by atoms with van der Waals surface area (Å²) >= 11 is 0. The first-order valence-electron chi connectivity index (χ1n) is 18.9. The van der Waals surface area contributed by atoms with Gasteiger partial charge in [-0.25, -0.2) is 0 Å². The summed E-state index contributed by atoms with van der Waals surface area (Å²) in [5.74, 6) is 0. The Morgan fingerprint density at radius 3 is 1.94 bits per heavy atom. The van der Waals surface area contributed by atoms with Gasteiger partial charge in [0.25, 0.3) is 0 Å². The van der Waals surface area contributed by atoms with E-state index >= 15 is 0 Å². The number of fused-ring (bicyclic) bond motifs is 4. The summed E-state index contributed by atoms with van der Waals surface area (Å²) in [6.07, 6.45) is 0.879. The Balaban J connectivity index is 1.17. The Morgan fingerprint density at radius 1 is 0.615 bits per heavy atom. The number of hydrogen-bond acceptors (Lipinski definition) is 1. The van der Waals surface area contributed by atoms with Crippen molar-refractivity contribution in [3.63, 3.8) is 0 Å². The topological polar surface area (TPSA) is 17.0 Å². The van der Waals surface area contributed by atoms with Gasteiger partial charge in [-0.05, 0) is 0 Å². The molecule has 8 heteroatoms. The SMILES string of the molecule is [B-]1B2B3B1P23(Nc1ccccc1)c1cc2c3ccccc3n3c2c2c1Cc1cccc4c1B2c1c-3cccc1C4(c1ccccc1)c1ccccc1. The number of aromatic nitrogens is 1. The van der Waals surface area contributed by atoms with Crippen molar-refractivity contribution in [1.82, 2.24) is 4.57 Å². The van der Waals surface area contributed by atoms with Crippen molar-refractivity contribution in [2.75, 3.05) is 5.09 Å². The third-order valence-electron chi connectivity index (χ3n) is 14.6. The van der Waals surface area contributed by atoms with Gasteiger partial charge in [-0.1, -0.05) is 0 Å². The van der Waals surface area contributed by atoms with Crippen LogP contribution in [0.5, 0.6) is 0 Å². The van der Waals surface area contributed by atoms with Crippen molar-refractivity contribution in [2.45, 2.75) is 11.8 Å². The Morgan fingerprint density at radius 2 is 1.25 bits per heavy atom. The second-order valence-electron chi connectivity index (χ2n) is 16.2. The molecule has 2 radical (unpaired) electrons. The van der Waals surface area contributed by atoms with Crippen LogP contribution in [-0.4, -0.2) is 37.0 Å². The van der Waals surface area contributed by atoms with Crippen molar-refractivity contribution in [3.8, 4) is 5.69 Å². The first-order valence-corrected chi connectivity index (χ1v) is 21.4.